The predicted molar refractivity (Wildman–Crippen MR) is 104 cm³/mol. The van der Waals surface area contributed by atoms with Crippen LogP contribution >= 0.6 is 0 Å². The normalized spacial score (nSPS) is 21.1. The average molecular weight is 365 g/mol. The Hall–Kier alpha value is -2.95. The molecule has 5 nitrogen and oxygen atoms in total. The van der Waals surface area contributed by atoms with Gasteiger partial charge >= 0.3 is 5.97 Å². The van der Waals surface area contributed by atoms with Gasteiger partial charge in [-0.05, 0) is 23.8 Å². The van der Waals surface area contributed by atoms with Crippen LogP contribution in [0.1, 0.15) is 41.4 Å². The van der Waals surface area contributed by atoms with Gasteiger partial charge in [0.1, 0.15) is 11.7 Å². The lowest BCUT2D eigenvalue weighted by molar-refractivity contribution is 0.0463. The van der Waals surface area contributed by atoms with Crippen molar-refractivity contribution in [1.82, 2.24) is 0 Å². The van der Waals surface area contributed by atoms with Crippen LogP contribution in [0.25, 0.3) is 0 Å². The van der Waals surface area contributed by atoms with Crippen molar-refractivity contribution in [3.05, 3.63) is 64.9 Å². The Balaban J connectivity index is 1.81. The van der Waals surface area contributed by atoms with Gasteiger partial charge in [-0.2, -0.15) is 0 Å². The van der Waals surface area contributed by atoms with Crippen molar-refractivity contribution < 1.29 is 19.0 Å². The molecule has 0 aliphatic carbocycles. The number of nitrogens with zero attached hydrogens (tertiary/aromatic N) is 1. The number of methoxy groups -OCH3 is 2. The first kappa shape index (κ1) is 17.5. The molecular formula is C22H23NO4. The number of carbonyl (C=O) groups excluding carboxylic acids is 1. The lowest BCUT2D eigenvalue weighted by atomic mass is 9.83. The number of carbonyl (C=O) groups is 1. The summed E-state index contributed by atoms with van der Waals surface area (Å²) in [5, 5.41) is 0. The molecule has 4 rings (SSSR count). The first-order valence-corrected chi connectivity index (χ1v) is 8.91. The molecule has 5 heteroatoms. The van der Waals surface area contributed by atoms with Gasteiger partial charge in [-0.15, -0.1) is 0 Å². The Morgan fingerprint density at radius 3 is 2.52 bits per heavy atom. The highest BCUT2D eigenvalue weighted by Crippen LogP contribution is 2.49. The number of benzene rings is 2. The van der Waals surface area contributed by atoms with Crippen molar-refractivity contribution in [2.75, 3.05) is 26.2 Å². The SMILES string of the molecule is COc1ccc2c(c1OC)C(=O)OC2/C=C1/N(C)c2ccccc2C1(C)C. The first-order valence-electron chi connectivity index (χ1n) is 8.91. The second-order valence-electron chi connectivity index (χ2n) is 7.34. The number of esters is 1. The summed E-state index contributed by atoms with van der Waals surface area (Å²) in [6, 6.07) is 12.0. The van der Waals surface area contributed by atoms with Crippen LogP contribution in [-0.2, 0) is 10.2 Å². The van der Waals surface area contributed by atoms with E-state index in [4.69, 9.17) is 14.2 Å². The van der Waals surface area contributed by atoms with Crippen molar-refractivity contribution in [2.45, 2.75) is 25.4 Å². The van der Waals surface area contributed by atoms with E-state index in [2.05, 4.69) is 36.9 Å². The molecule has 0 amide bonds. The number of allylic oxidation sites excluding steroid dienone is 1. The van der Waals surface area contributed by atoms with Gasteiger partial charge in [-0.3, -0.25) is 0 Å². The molecule has 2 aliphatic rings. The number of para-hydroxylation sites is 1. The minimum Gasteiger partial charge on any atom is -0.493 e. The minimum atomic E-state index is -0.460. The second kappa shape index (κ2) is 6.05. The number of hydrogen-bond acceptors (Lipinski definition) is 5. The van der Waals surface area contributed by atoms with E-state index in [1.807, 2.05) is 31.3 Å². The van der Waals surface area contributed by atoms with Gasteiger partial charge in [-0.25, -0.2) is 4.79 Å². The summed E-state index contributed by atoms with van der Waals surface area (Å²) >= 11 is 0. The largest absolute Gasteiger partial charge is 0.493 e. The Bertz CT molecular complexity index is 961. The summed E-state index contributed by atoms with van der Waals surface area (Å²) < 4.78 is 16.4. The van der Waals surface area contributed by atoms with Gasteiger partial charge in [-0.1, -0.05) is 38.1 Å². The van der Waals surface area contributed by atoms with E-state index < -0.39 is 12.1 Å². The average Bonchev–Trinajstić information content (AvgIpc) is 3.09. The van der Waals surface area contributed by atoms with Crippen molar-refractivity contribution in [1.29, 1.82) is 0 Å². The third kappa shape index (κ3) is 2.41. The zero-order valence-electron chi connectivity index (χ0n) is 16.2. The molecule has 27 heavy (non-hydrogen) atoms. The van der Waals surface area contributed by atoms with Gasteiger partial charge in [0, 0.05) is 29.4 Å². The topological polar surface area (TPSA) is 48.0 Å². The van der Waals surface area contributed by atoms with Crippen LogP contribution in [-0.4, -0.2) is 27.2 Å². The molecule has 0 saturated heterocycles. The van der Waals surface area contributed by atoms with E-state index in [-0.39, 0.29) is 5.41 Å². The highest BCUT2D eigenvalue weighted by atomic mass is 16.6. The molecule has 0 radical (unpaired) electrons. The molecule has 2 aliphatic heterocycles. The van der Waals surface area contributed by atoms with Gasteiger partial charge in [0.2, 0.25) is 0 Å². The number of likely N-dealkylation sites (N-methyl/N-ethyl adjacent to an activating group) is 1. The minimum absolute atomic E-state index is 0.183. The fourth-order valence-electron chi connectivity index (χ4n) is 4.20. The van der Waals surface area contributed by atoms with Crippen molar-refractivity contribution in [2.24, 2.45) is 0 Å². The zero-order chi connectivity index (χ0) is 19.3. The van der Waals surface area contributed by atoms with Gasteiger partial charge in [0.25, 0.3) is 0 Å². The smallest absolute Gasteiger partial charge is 0.343 e. The van der Waals surface area contributed by atoms with E-state index in [0.717, 1.165) is 11.3 Å². The molecule has 1 unspecified atom stereocenters. The van der Waals surface area contributed by atoms with Gasteiger partial charge < -0.3 is 19.1 Å². The fourth-order valence-corrected chi connectivity index (χ4v) is 4.20. The number of anilines is 1. The van der Waals surface area contributed by atoms with Gasteiger partial charge in [0.05, 0.1) is 14.2 Å². The maximum absolute atomic E-state index is 12.6. The summed E-state index contributed by atoms with van der Waals surface area (Å²) in [5.41, 5.74) is 4.59. The molecule has 2 aromatic carbocycles. The Morgan fingerprint density at radius 2 is 1.85 bits per heavy atom. The molecule has 140 valence electrons. The first-order chi connectivity index (χ1) is 12.9. The predicted octanol–water partition coefficient (Wildman–Crippen LogP) is 4.23. The molecule has 2 heterocycles. The number of rotatable bonds is 3. The van der Waals surface area contributed by atoms with Crippen LogP contribution in [0.15, 0.2) is 48.2 Å². The van der Waals surface area contributed by atoms with E-state index in [1.54, 1.807) is 7.11 Å². The Labute approximate surface area is 159 Å². The van der Waals surface area contributed by atoms with Crippen LogP contribution in [0.4, 0.5) is 5.69 Å². The molecule has 0 N–H and O–H groups in total. The molecule has 0 bridgehead atoms. The van der Waals surface area contributed by atoms with Crippen molar-refractivity contribution in [3.8, 4) is 11.5 Å². The highest BCUT2D eigenvalue weighted by Gasteiger charge is 2.41. The summed E-state index contributed by atoms with van der Waals surface area (Å²) in [5.74, 6) is 0.550. The zero-order valence-corrected chi connectivity index (χ0v) is 16.2. The third-order valence-electron chi connectivity index (χ3n) is 5.57. The quantitative estimate of drug-likeness (QED) is 0.762. The van der Waals surface area contributed by atoms with Crippen LogP contribution in [0.3, 0.4) is 0 Å². The number of ether oxygens (including phenoxy) is 3. The van der Waals surface area contributed by atoms with Crippen molar-refractivity contribution >= 4 is 11.7 Å². The van der Waals surface area contributed by atoms with E-state index in [1.165, 1.54) is 18.4 Å². The molecule has 0 saturated carbocycles. The van der Waals surface area contributed by atoms with Crippen LogP contribution in [0.5, 0.6) is 11.5 Å². The highest BCUT2D eigenvalue weighted by molar-refractivity contribution is 5.98. The number of cyclic esters (lactones) is 1. The lowest BCUT2D eigenvalue weighted by Gasteiger charge is -2.25. The summed E-state index contributed by atoms with van der Waals surface area (Å²) in [7, 11) is 5.13. The monoisotopic (exact) mass is 365 g/mol. The maximum Gasteiger partial charge on any atom is 0.343 e. The molecule has 0 fully saturated rings. The number of fused-ring (bicyclic) bond motifs is 2. The van der Waals surface area contributed by atoms with E-state index >= 15 is 0 Å². The molecule has 1 atom stereocenters. The molecule has 0 aromatic heterocycles. The summed E-state index contributed by atoms with van der Waals surface area (Å²) in [4.78, 5) is 14.7. The Morgan fingerprint density at radius 1 is 1.11 bits per heavy atom. The Kier molecular flexibility index (Phi) is 3.91. The van der Waals surface area contributed by atoms with E-state index in [0.29, 0.717) is 17.1 Å². The van der Waals surface area contributed by atoms with Crippen molar-refractivity contribution in [3.63, 3.8) is 0 Å². The van der Waals surface area contributed by atoms with Crippen LogP contribution in [0, 0.1) is 0 Å². The lowest BCUT2D eigenvalue weighted by Crippen LogP contribution is -2.23. The summed E-state index contributed by atoms with van der Waals surface area (Å²) in [6.45, 7) is 4.38. The summed E-state index contributed by atoms with van der Waals surface area (Å²) in [6.07, 6.45) is 1.58. The number of hydrogen-bond donors (Lipinski definition) is 0. The molecule has 0 spiro atoms. The standard InChI is InChI=1S/C22H23NO4/c1-22(2)14-8-6-7-9-15(14)23(3)18(22)12-17-13-10-11-16(25-4)20(26-5)19(13)21(24)27-17/h6-12,17H,1-5H3/b18-12+. The molecular weight excluding hydrogens is 342 g/mol. The van der Waals surface area contributed by atoms with Crippen LogP contribution < -0.4 is 14.4 Å². The fraction of sp³-hybridized carbons (Fsp3) is 0.318. The molecule has 2 aromatic rings. The van der Waals surface area contributed by atoms with Gasteiger partial charge in [0.15, 0.2) is 11.5 Å². The van der Waals surface area contributed by atoms with Crippen LogP contribution in [0.2, 0.25) is 0 Å². The maximum atomic E-state index is 12.6. The van der Waals surface area contributed by atoms with E-state index in [9.17, 15) is 4.79 Å². The third-order valence-corrected chi connectivity index (χ3v) is 5.57. The second-order valence-corrected chi connectivity index (χ2v) is 7.34.